The van der Waals surface area contributed by atoms with Crippen molar-refractivity contribution in [3.63, 3.8) is 0 Å². The zero-order chi connectivity index (χ0) is 13.6. The molecule has 0 unspecified atom stereocenters. The maximum Gasteiger partial charge on any atom is 0.256 e. The molecule has 1 aromatic rings. The van der Waals surface area contributed by atoms with Crippen molar-refractivity contribution >= 4 is 17.5 Å². The lowest BCUT2D eigenvalue weighted by Gasteiger charge is -2.19. The van der Waals surface area contributed by atoms with E-state index < -0.39 is 12.1 Å². The van der Waals surface area contributed by atoms with E-state index in [0.717, 1.165) is 0 Å². The third-order valence-corrected chi connectivity index (χ3v) is 3.57. The first-order chi connectivity index (χ1) is 9.11. The average molecular weight is 262 g/mol. The number of para-hydroxylation sites is 1. The smallest absolute Gasteiger partial charge is 0.256 e. The number of fused-ring (bicyclic) bond motifs is 2. The van der Waals surface area contributed by atoms with E-state index in [9.17, 15) is 14.7 Å². The molecule has 3 rings (SSSR count). The number of ether oxygens (including phenoxy) is 1. The van der Waals surface area contributed by atoms with Gasteiger partial charge in [0.05, 0.1) is 24.5 Å². The first-order valence-corrected chi connectivity index (χ1v) is 6.08. The Morgan fingerprint density at radius 3 is 2.95 bits per heavy atom. The van der Waals surface area contributed by atoms with Crippen molar-refractivity contribution in [2.24, 2.45) is 0 Å². The van der Waals surface area contributed by atoms with Crippen LogP contribution < -0.4 is 10.1 Å². The van der Waals surface area contributed by atoms with E-state index in [1.165, 1.54) is 12.0 Å². The highest BCUT2D eigenvalue weighted by Crippen LogP contribution is 2.34. The van der Waals surface area contributed by atoms with Crippen LogP contribution in [0.3, 0.4) is 0 Å². The van der Waals surface area contributed by atoms with Crippen LogP contribution in [0.2, 0.25) is 0 Å². The van der Waals surface area contributed by atoms with Crippen LogP contribution in [0.5, 0.6) is 5.75 Å². The number of carbonyl (C=O) groups excluding carboxylic acids is 2. The number of carbonyl (C=O) groups is 2. The van der Waals surface area contributed by atoms with Crippen LogP contribution in [0.4, 0.5) is 5.69 Å². The molecule has 2 amide bonds. The summed E-state index contributed by atoms with van der Waals surface area (Å²) in [7, 11) is 1.49. The number of hydrogen-bond donors (Lipinski definition) is 2. The normalized spacial score (nSPS) is 25.5. The minimum absolute atomic E-state index is 0.188. The van der Waals surface area contributed by atoms with Gasteiger partial charge in [0.2, 0.25) is 5.91 Å². The summed E-state index contributed by atoms with van der Waals surface area (Å²) in [6.07, 6.45) is -0.375. The van der Waals surface area contributed by atoms with Crippen LogP contribution >= 0.6 is 0 Å². The number of aliphatic hydroxyl groups is 1. The molecule has 100 valence electrons. The van der Waals surface area contributed by atoms with Gasteiger partial charge in [-0.05, 0) is 12.1 Å². The number of aliphatic hydroxyl groups excluding tert-OH is 1. The van der Waals surface area contributed by atoms with Gasteiger partial charge in [-0.1, -0.05) is 6.07 Å². The SMILES string of the molecule is COc1cccc2c1NC(=O)[C@@H]1C[C@@H](O)CN1C2=O. The molecule has 1 aromatic carbocycles. The van der Waals surface area contributed by atoms with Gasteiger partial charge in [0.1, 0.15) is 11.8 Å². The van der Waals surface area contributed by atoms with Gasteiger partial charge in [-0.15, -0.1) is 0 Å². The molecule has 6 heteroatoms. The summed E-state index contributed by atoms with van der Waals surface area (Å²) in [5.74, 6) is -0.0807. The number of nitrogens with one attached hydrogen (secondary N) is 1. The second kappa shape index (κ2) is 4.24. The van der Waals surface area contributed by atoms with Crippen molar-refractivity contribution in [1.82, 2.24) is 4.90 Å². The van der Waals surface area contributed by atoms with Gasteiger partial charge in [0.15, 0.2) is 0 Å². The maximum atomic E-state index is 12.4. The Balaban J connectivity index is 2.11. The molecular weight excluding hydrogens is 248 g/mol. The maximum absolute atomic E-state index is 12.4. The first kappa shape index (κ1) is 12.0. The molecule has 19 heavy (non-hydrogen) atoms. The number of rotatable bonds is 1. The molecule has 0 aromatic heterocycles. The molecule has 2 aliphatic rings. The predicted molar refractivity (Wildman–Crippen MR) is 67.1 cm³/mol. The Bertz CT molecular complexity index is 558. The Hall–Kier alpha value is -2.08. The predicted octanol–water partition coefficient (Wildman–Crippen LogP) is 0.223. The number of hydrogen-bond acceptors (Lipinski definition) is 4. The molecule has 0 bridgehead atoms. The van der Waals surface area contributed by atoms with Gasteiger partial charge in [0.25, 0.3) is 5.91 Å². The molecule has 2 N–H and O–H groups in total. The molecule has 2 aliphatic heterocycles. The fourth-order valence-electron chi connectivity index (χ4n) is 2.66. The molecule has 6 nitrogen and oxygen atoms in total. The monoisotopic (exact) mass is 262 g/mol. The van der Waals surface area contributed by atoms with Crippen molar-refractivity contribution in [2.75, 3.05) is 19.0 Å². The second-order valence-electron chi connectivity index (χ2n) is 4.73. The molecule has 1 saturated heterocycles. The van der Waals surface area contributed by atoms with E-state index in [1.807, 2.05) is 0 Å². The van der Waals surface area contributed by atoms with Crippen molar-refractivity contribution in [1.29, 1.82) is 0 Å². The van der Waals surface area contributed by atoms with Crippen molar-refractivity contribution < 1.29 is 19.4 Å². The highest BCUT2D eigenvalue weighted by atomic mass is 16.5. The summed E-state index contributed by atoms with van der Waals surface area (Å²) in [6, 6.07) is 4.43. The van der Waals surface area contributed by atoms with Gasteiger partial charge in [-0.25, -0.2) is 0 Å². The topological polar surface area (TPSA) is 78.9 Å². The summed E-state index contributed by atoms with van der Waals surface area (Å²) >= 11 is 0. The minimum atomic E-state index is -0.646. The highest BCUT2D eigenvalue weighted by molar-refractivity contribution is 6.11. The largest absolute Gasteiger partial charge is 0.495 e. The fraction of sp³-hybridized carbons (Fsp3) is 0.385. The van der Waals surface area contributed by atoms with Crippen LogP contribution in [0.15, 0.2) is 18.2 Å². The molecule has 0 aliphatic carbocycles. The fourth-order valence-corrected chi connectivity index (χ4v) is 2.66. The number of amides is 2. The number of benzene rings is 1. The van der Waals surface area contributed by atoms with Crippen molar-refractivity contribution in [2.45, 2.75) is 18.6 Å². The summed E-state index contributed by atoms with van der Waals surface area (Å²) in [6.45, 7) is 0.188. The van der Waals surface area contributed by atoms with E-state index in [0.29, 0.717) is 17.0 Å². The Morgan fingerprint density at radius 2 is 2.21 bits per heavy atom. The Kier molecular flexibility index (Phi) is 2.67. The zero-order valence-electron chi connectivity index (χ0n) is 10.4. The summed E-state index contributed by atoms with van der Waals surface area (Å²) in [5, 5.41) is 12.4. The van der Waals surface area contributed by atoms with Gasteiger partial charge in [0, 0.05) is 13.0 Å². The third-order valence-electron chi connectivity index (χ3n) is 3.57. The van der Waals surface area contributed by atoms with E-state index in [4.69, 9.17) is 4.74 Å². The van der Waals surface area contributed by atoms with Crippen LogP contribution in [-0.2, 0) is 4.79 Å². The number of nitrogens with zero attached hydrogens (tertiary/aromatic N) is 1. The molecule has 0 radical (unpaired) electrons. The Labute approximate surface area is 110 Å². The standard InChI is InChI=1S/C13H14N2O4/c1-19-10-4-2-3-8-11(10)14-12(17)9-5-7(16)6-15(9)13(8)18/h2-4,7,9,16H,5-6H2,1H3,(H,14,17)/t7-,9+/m1/s1. The summed E-state index contributed by atoms with van der Waals surface area (Å²) < 4.78 is 5.17. The quantitative estimate of drug-likeness (QED) is 0.759. The summed E-state index contributed by atoms with van der Waals surface area (Å²) in [4.78, 5) is 26.0. The molecular formula is C13H14N2O4. The zero-order valence-corrected chi connectivity index (χ0v) is 10.4. The van der Waals surface area contributed by atoms with Crippen LogP contribution in [-0.4, -0.2) is 47.6 Å². The number of methoxy groups -OCH3 is 1. The van der Waals surface area contributed by atoms with E-state index in [2.05, 4.69) is 5.32 Å². The Morgan fingerprint density at radius 1 is 1.42 bits per heavy atom. The highest BCUT2D eigenvalue weighted by Gasteiger charge is 2.42. The van der Waals surface area contributed by atoms with Crippen molar-refractivity contribution in [3.05, 3.63) is 23.8 Å². The van der Waals surface area contributed by atoms with Crippen molar-refractivity contribution in [3.8, 4) is 5.75 Å². The number of anilines is 1. The molecule has 0 spiro atoms. The van der Waals surface area contributed by atoms with E-state index >= 15 is 0 Å². The van der Waals surface area contributed by atoms with Gasteiger partial charge < -0.3 is 20.1 Å². The average Bonchev–Trinajstić information content (AvgIpc) is 2.76. The van der Waals surface area contributed by atoms with Crippen LogP contribution in [0, 0.1) is 0 Å². The lowest BCUT2D eigenvalue weighted by Crippen LogP contribution is -2.40. The lowest BCUT2D eigenvalue weighted by atomic mass is 10.1. The molecule has 2 atom stereocenters. The van der Waals surface area contributed by atoms with E-state index in [1.54, 1.807) is 18.2 Å². The third kappa shape index (κ3) is 1.76. The molecule has 0 saturated carbocycles. The molecule has 2 heterocycles. The van der Waals surface area contributed by atoms with Gasteiger partial charge in [-0.3, -0.25) is 9.59 Å². The first-order valence-electron chi connectivity index (χ1n) is 6.08. The van der Waals surface area contributed by atoms with Crippen LogP contribution in [0.1, 0.15) is 16.8 Å². The summed E-state index contributed by atoms with van der Waals surface area (Å²) in [5.41, 5.74) is 0.799. The van der Waals surface area contributed by atoms with Gasteiger partial charge in [-0.2, -0.15) is 0 Å². The minimum Gasteiger partial charge on any atom is -0.495 e. The van der Waals surface area contributed by atoms with Crippen LogP contribution in [0.25, 0.3) is 0 Å². The van der Waals surface area contributed by atoms with E-state index in [-0.39, 0.29) is 24.8 Å². The molecule has 1 fully saturated rings. The second-order valence-corrected chi connectivity index (χ2v) is 4.73. The van der Waals surface area contributed by atoms with Gasteiger partial charge >= 0.3 is 0 Å². The lowest BCUT2D eigenvalue weighted by molar-refractivity contribution is -0.119.